The van der Waals surface area contributed by atoms with Gasteiger partial charge in [-0.25, -0.2) is 4.39 Å². The highest BCUT2D eigenvalue weighted by Crippen LogP contribution is 2.17. The lowest BCUT2D eigenvalue weighted by Crippen LogP contribution is -2.40. The zero-order valence-corrected chi connectivity index (χ0v) is 9.78. The zero-order chi connectivity index (χ0) is 13.2. The van der Waals surface area contributed by atoms with E-state index in [1.807, 2.05) is 0 Å². The highest BCUT2D eigenvalue weighted by atomic mass is 19.1. The molecule has 0 aromatic heterocycles. The van der Waals surface area contributed by atoms with Crippen LogP contribution in [-0.2, 0) is 0 Å². The van der Waals surface area contributed by atoms with Crippen LogP contribution in [0.3, 0.4) is 0 Å². The zero-order valence-electron chi connectivity index (χ0n) is 9.78. The molecular formula is C11H13FN2O3. The third kappa shape index (κ3) is 3.51. The number of hydrogen-bond acceptors (Lipinski definition) is 3. The second-order valence-electron chi connectivity index (χ2n) is 4.63. The van der Waals surface area contributed by atoms with Gasteiger partial charge < -0.3 is 5.32 Å². The molecule has 0 aliphatic carbocycles. The smallest absolute Gasteiger partial charge is 0.270 e. The van der Waals surface area contributed by atoms with Crippen LogP contribution in [0.25, 0.3) is 0 Å². The van der Waals surface area contributed by atoms with Gasteiger partial charge in [-0.05, 0) is 26.8 Å². The average molecular weight is 240 g/mol. The molecule has 0 fully saturated rings. The summed E-state index contributed by atoms with van der Waals surface area (Å²) < 4.78 is 13.4. The van der Waals surface area contributed by atoms with Gasteiger partial charge >= 0.3 is 0 Å². The summed E-state index contributed by atoms with van der Waals surface area (Å²) in [7, 11) is 0. The van der Waals surface area contributed by atoms with Crippen LogP contribution in [0.4, 0.5) is 10.1 Å². The molecule has 0 radical (unpaired) electrons. The Morgan fingerprint density at radius 3 is 2.47 bits per heavy atom. The van der Waals surface area contributed by atoms with Crippen molar-refractivity contribution < 1.29 is 14.1 Å². The molecule has 0 unspecified atom stereocenters. The van der Waals surface area contributed by atoms with Gasteiger partial charge in [0.1, 0.15) is 5.82 Å². The summed E-state index contributed by atoms with van der Waals surface area (Å²) in [6, 6.07) is 2.86. The van der Waals surface area contributed by atoms with Gasteiger partial charge in [-0.1, -0.05) is 0 Å². The molecule has 1 amide bonds. The normalized spacial score (nSPS) is 11.1. The van der Waals surface area contributed by atoms with Crippen LogP contribution in [0.1, 0.15) is 31.1 Å². The number of halogens is 1. The van der Waals surface area contributed by atoms with Crippen molar-refractivity contribution in [3.05, 3.63) is 39.7 Å². The van der Waals surface area contributed by atoms with Crippen LogP contribution in [0.2, 0.25) is 0 Å². The first kappa shape index (κ1) is 13.1. The van der Waals surface area contributed by atoms with E-state index in [4.69, 9.17) is 0 Å². The highest BCUT2D eigenvalue weighted by molar-refractivity contribution is 5.95. The van der Waals surface area contributed by atoms with E-state index in [9.17, 15) is 19.3 Å². The molecule has 17 heavy (non-hydrogen) atoms. The first-order valence-electron chi connectivity index (χ1n) is 4.97. The summed E-state index contributed by atoms with van der Waals surface area (Å²) in [4.78, 5) is 21.5. The van der Waals surface area contributed by atoms with Crippen molar-refractivity contribution in [1.29, 1.82) is 0 Å². The fourth-order valence-corrected chi connectivity index (χ4v) is 1.21. The molecule has 92 valence electrons. The van der Waals surface area contributed by atoms with E-state index in [2.05, 4.69) is 5.32 Å². The molecule has 1 aromatic carbocycles. The van der Waals surface area contributed by atoms with E-state index in [0.717, 1.165) is 18.2 Å². The molecule has 0 spiro atoms. The second-order valence-corrected chi connectivity index (χ2v) is 4.63. The van der Waals surface area contributed by atoms with Gasteiger partial charge in [-0.2, -0.15) is 0 Å². The van der Waals surface area contributed by atoms with Crippen LogP contribution in [-0.4, -0.2) is 16.4 Å². The fourth-order valence-electron chi connectivity index (χ4n) is 1.21. The molecule has 1 N–H and O–H groups in total. The lowest BCUT2D eigenvalue weighted by Gasteiger charge is -2.20. The standard InChI is InChI=1S/C11H13FN2O3/c1-11(2,3)13-10(15)8-6-7(14(16)17)4-5-9(8)12/h4-6H,1-3H3,(H,13,15). The second kappa shape index (κ2) is 4.48. The molecule has 0 heterocycles. The van der Waals surface area contributed by atoms with Crippen molar-refractivity contribution in [2.45, 2.75) is 26.3 Å². The van der Waals surface area contributed by atoms with Crippen LogP contribution >= 0.6 is 0 Å². The Bertz CT molecular complexity index is 466. The Hall–Kier alpha value is -1.98. The van der Waals surface area contributed by atoms with E-state index >= 15 is 0 Å². The number of nitrogens with zero attached hydrogens (tertiary/aromatic N) is 1. The summed E-state index contributed by atoms with van der Waals surface area (Å²) in [5.74, 6) is -1.45. The summed E-state index contributed by atoms with van der Waals surface area (Å²) in [5, 5.41) is 13.1. The third-order valence-corrected chi connectivity index (χ3v) is 1.89. The first-order valence-corrected chi connectivity index (χ1v) is 4.97. The molecule has 0 aliphatic rings. The predicted octanol–water partition coefficient (Wildman–Crippen LogP) is 2.26. The van der Waals surface area contributed by atoms with Crippen LogP contribution in [0.5, 0.6) is 0 Å². The van der Waals surface area contributed by atoms with Crippen molar-refractivity contribution >= 4 is 11.6 Å². The number of benzene rings is 1. The number of non-ortho nitro benzene ring substituents is 1. The van der Waals surface area contributed by atoms with Crippen LogP contribution in [0, 0.1) is 15.9 Å². The molecule has 0 atom stereocenters. The molecular weight excluding hydrogens is 227 g/mol. The summed E-state index contributed by atoms with van der Waals surface area (Å²) in [6.07, 6.45) is 0. The molecule has 0 saturated carbocycles. The average Bonchev–Trinajstić information content (AvgIpc) is 2.14. The predicted molar refractivity (Wildman–Crippen MR) is 60.3 cm³/mol. The Kier molecular flexibility index (Phi) is 3.45. The maximum Gasteiger partial charge on any atom is 0.270 e. The molecule has 1 aromatic rings. The van der Waals surface area contributed by atoms with E-state index in [0.29, 0.717) is 0 Å². The third-order valence-electron chi connectivity index (χ3n) is 1.89. The Morgan fingerprint density at radius 2 is 2.00 bits per heavy atom. The summed E-state index contributed by atoms with van der Waals surface area (Å²) in [6.45, 7) is 5.21. The number of amides is 1. The Morgan fingerprint density at radius 1 is 1.41 bits per heavy atom. The minimum atomic E-state index is -0.780. The number of carbonyl (C=O) groups is 1. The minimum absolute atomic E-state index is 0.314. The van der Waals surface area contributed by atoms with E-state index in [1.165, 1.54) is 0 Å². The largest absolute Gasteiger partial charge is 0.347 e. The van der Waals surface area contributed by atoms with Crippen molar-refractivity contribution in [2.75, 3.05) is 0 Å². The molecule has 1 rings (SSSR count). The minimum Gasteiger partial charge on any atom is -0.347 e. The highest BCUT2D eigenvalue weighted by Gasteiger charge is 2.20. The summed E-state index contributed by atoms with van der Waals surface area (Å²) >= 11 is 0. The SMILES string of the molecule is CC(C)(C)NC(=O)c1cc([N+](=O)[O-])ccc1F. The number of nitrogens with one attached hydrogen (secondary N) is 1. The van der Waals surface area contributed by atoms with Gasteiger partial charge in [0.2, 0.25) is 0 Å². The fraction of sp³-hybridized carbons (Fsp3) is 0.364. The lowest BCUT2D eigenvalue weighted by molar-refractivity contribution is -0.384. The summed E-state index contributed by atoms with van der Waals surface area (Å²) in [5.41, 5.74) is -1.17. The lowest BCUT2D eigenvalue weighted by atomic mass is 10.1. The Balaban J connectivity index is 3.08. The Labute approximate surface area is 97.8 Å². The van der Waals surface area contributed by atoms with Crippen molar-refractivity contribution in [3.8, 4) is 0 Å². The van der Waals surface area contributed by atoms with Gasteiger partial charge in [0, 0.05) is 17.7 Å². The number of nitro benzene ring substituents is 1. The molecule has 5 nitrogen and oxygen atoms in total. The maximum absolute atomic E-state index is 13.4. The number of carbonyl (C=O) groups excluding carboxylic acids is 1. The van der Waals surface area contributed by atoms with Gasteiger partial charge in [0.15, 0.2) is 0 Å². The monoisotopic (exact) mass is 240 g/mol. The van der Waals surface area contributed by atoms with Gasteiger partial charge in [-0.3, -0.25) is 14.9 Å². The van der Waals surface area contributed by atoms with E-state index in [1.54, 1.807) is 20.8 Å². The number of nitro groups is 1. The quantitative estimate of drug-likeness (QED) is 0.636. The van der Waals surface area contributed by atoms with Gasteiger partial charge in [0.25, 0.3) is 11.6 Å². The number of hydrogen-bond donors (Lipinski definition) is 1. The topological polar surface area (TPSA) is 72.2 Å². The number of rotatable bonds is 2. The molecule has 0 aliphatic heterocycles. The van der Waals surface area contributed by atoms with Crippen molar-refractivity contribution in [1.82, 2.24) is 5.32 Å². The van der Waals surface area contributed by atoms with Crippen molar-refractivity contribution in [3.63, 3.8) is 0 Å². The van der Waals surface area contributed by atoms with Gasteiger partial charge in [0.05, 0.1) is 10.5 Å². The van der Waals surface area contributed by atoms with Crippen LogP contribution < -0.4 is 5.32 Å². The van der Waals surface area contributed by atoms with Gasteiger partial charge in [-0.15, -0.1) is 0 Å². The van der Waals surface area contributed by atoms with Crippen LogP contribution in [0.15, 0.2) is 18.2 Å². The van der Waals surface area contributed by atoms with E-state index < -0.39 is 22.2 Å². The molecule has 6 heteroatoms. The van der Waals surface area contributed by atoms with E-state index in [-0.39, 0.29) is 11.3 Å². The van der Waals surface area contributed by atoms with Crippen molar-refractivity contribution in [2.24, 2.45) is 0 Å². The maximum atomic E-state index is 13.4. The first-order chi connectivity index (χ1) is 7.70. The molecule has 0 bridgehead atoms. The molecule has 0 saturated heterocycles.